The molecule has 2 aromatic rings. The molecule has 0 spiro atoms. The Morgan fingerprint density at radius 2 is 2.25 bits per heavy atom. The second-order valence-electron chi connectivity index (χ2n) is 6.84. The summed E-state index contributed by atoms with van der Waals surface area (Å²) in [7, 11) is 0. The fraction of sp³-hybridized carbons (Fsp3) is 0.526. The predicted octanol–water partition coefficient (Wildman–Crippen LogP) is 3.45. The van der Waals surface area contributed by atoms with Gasteiger partial charge in [-0.15, -0.1) is 11.3 Å². The molecule has 2 aromatic heterocycles. The number of piperidine rings is 1. The zero-order chi connectivity index (χ0) is 17.3. The molecule has 2 unspecified atom stereocenters. The lowest BCUT2D eigenvalue weighted by Crippen LogP contribution is -2.43. The van der Waals surface area contributed by atoms with Crippen LogP contribution in [-0.4, -0.2) is 39.7 Å². The molecule has 1 saturated heterocycles. The number of aryl methyl sites for hydroxylation is 1. The molecule has 1 fully saturated rings. The zero-order valence-corrected chi connectivity index (χ0v) is 15.5. The van der Waals surface area contributed by atoms with Crippen molar-refractivity contribution in [1.82, 2.24) is 9.47 Å². The average molecular weight is 346 g/mol. The first kappa shape index (κ1) is 17.2. The molecule has 3 heterocycles. The molecule has 1 aliphatic heterocycles. The Morgan fingerprint density at radius 3 is 2.92 bits per heavy atom. The number of hydrogen-bond acceptors (Lipinski definition) is 3. The van der Waals surface area contributed by atoms with E-state index in [0.717, 1.165) is 42.9 Å². The molecule has 0 aliphatic carbocycles. The number of nitrogens with zero attached hydrogens (tertiary/aromatic N) is 2. The number of rotatable bonds is 4. The van der Waals surface area contributed by atoms with Crippen molar-refractivity contribution in [2.45, 2.75) is 46.3 Å². The van der Waals surface area contributed by atoms with Crippen molar-refractivity contribution in [3.8, 4) is 0 Å². The summed E-state index contributed by atoms with van der Waals surface area (Å²) >= 11 is 1.74. The van der Waals surface area contributed by atoms with E-state index in [2.05, 4.69) is 29.0 Å². The molecule has 1 N–H and O–H groups in total. The highest BCUT2D eigenvalue weighted by Gasteiger charge is 2.28. The summed E-state index contributed by atoms with van der Waals surface area (Å²) in [6, 6.07) is 6.20. The van der Waals surface area contributed by atoms with Crippen LogP contribution in [0.5, 0.6) is 0 Å². The molecule has 0 aromatic carbocycles. The molecule has 0 radical (unpaired) electrons. The summed E-state index contributed by atoms with van der Waals surface area (Å²) < 4.78 is 2.22. The number of thiophene rings is 1. The van der Waals surface area contributed by atoms with Gasteiger partial charge >= 0.3 is 0 Å². The second-order valence-corrected chi connectivity index (χ2v) is 7.88. The van der Waals surface area contributed by atoms with Gasteiger partial charge in [0.05, 0.1) is 18.2 Å². The van der Waals surface area contributed by atoms with Gasteiger partial charge in [0.15, 0.2) is 0 Å². The minimum atomic E-state index is -0.355. The fourth-order valence-corrected chi connectivity index (χ4v) is 4.27. The first-order chi connectivity index (χ1) is 11.5. The molecule has 130 valence electrons. The number of carbonyl (C=O) groups excluding carboxylic acids is 1. The third kappa shape index (κ3) is 3.42. The van der Waals surface area contributed by atoms with Gasteiger partial charge in [-0.1, -0.05) is 6.07 Å². The number of likely N-dealkylation sites (tertiary alicyclic amines) is 1. The minimum Gasteiger partial charge on any atom is -0.393 e. The number of amides is 1. The Bertz CT molecular complexity index is 703. The van der Waals surface area contributed by atoms with Gasteiger partial charge < -0.3 is 14.6 Å². The van der Waals surface area contributed by atoms with E-state index in [4.69, 9.17) is 0 Å². The topological polar surface area (TPSA) is 45.5 Å². The molecule has 2 atom stereocenters. The summed E-state index contributed by atoms with van der Waals surface area (Å²) in [6.07, 6.45) is 1.61. The van der Waals surface area contributed by atoms with Crippen LogP contribution < -0.4 is 0 Å². The number of carbonyl (C=O) groups is 1. The van der Waals surface area contributed by atoms with Crippen molar-refractivity contribution in [2.24, 2.45) is 5.92 Å². The summed E-state index contributed by atoms with van der Waals surface area (Å²) in [6.45, 7) is 8.18. The van der Waals surface area contributed by atoms with Gasteiger partial charge in [0.25, 0.3) is 5.91 Å². The summed E-state index contributed by atoms with van der Waals surface area (Å²) in [4.78, 5) is 16.2. The molecule has 4 nitrogen and oxygen atoms in total. The molecule has 3 rings (SSSR count). The molecule has 0 saturated carbocycles. The van der Waals surface area contributed by atoms with Crippen LogP contribution in [0.2, 0.25) is 0 Å². The molecule has 1 amide bonds. The van der Waals surface area contributed by atoms with Crippen molar-refractivity contribution < 1.29 is 9.90 Å². The summed E-state index contributed by atoms with van der Waals surface area (Å²) in [5.41, 5.74) is 2.95. The van der Waals surface area contributed by atoms with Crippen molar-refractivity contribution >= 4 is 17.2 Å². The Hall–Kier alpha value is -1.59. The maximum atomic E-state index is 13.0. The highest BCUT2D eigenvalue weighted by atomic mass is 32.1. The van der Waals surface area contributed by atoms with Crippen LogP contribution in [-0.2, 0) is 6.54 Å². The molecule has 0 bridgehead atoms. The van der Waals surface area contributed by atoms with E-state index >= 15 is 0 Å². The molecule has 1 aliphatic rings. The van der Waals surface area contributed by atoms with E-state index in [1.807, 2.05) is 24.8 Å². The van der Waals surface area contributed by atoms with Crippen molar-refractivity contribution in [3.63, 3.8) is 0 Å². The lowest BCUT2D eigenvalue weighted by atomic mass is 9.93. The van der Waals surface area contributed by atoms with Crippen LogP contribution in [0.25, 0.3) is 0 Å². The Labute approximate surface area is 147 Å². The lowest BCUT2D eigenvalue weighted by molar-refractivity contribution is 0.0465. The maximum absolute atomic E-state index is 13.0. The maximum Gasteiger partial charge on any atom is 0.255 e. The second kappa shape index (κ2) is 7.11. The highest BCUT2D eigenvalue weighted by molar-refractivity contribution is 7.09. The van der Waals surface area contributed by atoms with E-state index in [0.29, 0.717) is 6.54 Å². The van der Waals surface area contributed by atoms with Gasteiger partial charge in [-0.25, -0.2) is 0 Å². The Kier molecular flexibility index (Phi) is 5.11. The number of aliphatic hydroxyl groups is 1. The van der Waals surface area contributed by atoms with Crippen LogP contribution >= 0.6 is 11.3 Å². The Morgan fingerprint density at radius 1 is 1.46 bits per heavy atom. The first-order valence-corrected chi connectivity index (χ1v) is 9.51. The summed E-state index contributed by atoms with van der Waals surface area (Å²) in [5, 5.41) is 11.9. The van der Waals surface area contributed by atoms with Crippen LogP contribution in [0.15, 0.2) is 23.6 Å². The van der Waals surface area contributed by atoms with Crippen LogP contribution in [0.4, 0.5) is 0 Å². The minimum absolute atomic E-state index is 0.103. The van der Waals surface area contributed by atoms with Gasteiger partial charge in [0.1, 0.15) is 0 Å². The zero-order valence-electron chi connectivity index (χ0n) is 14.7. The quantitative estimate of drug-likeness (QED) is 0.922. The molecular formula is C19H26N2O2S. The largest absolute Gasteiger partial charge is 0.393 e. The van der Waals surface area contributed by atoms with Crippen LogP contribution in [0.1, 0.15) is 46.4 Å². The van der Waals surface area contributed by atoms with Gasteiger partial charge in [0.2, 0.25) is 0 Å². The van der Waals surface area contributed by atoms with Gasteiger partial charge in [-0.05, 0) is 51.1 Å². The van der Waals surface area contributed by atoms with Crippen molar-refractivity contribution in [1.29, 1.82) is 0 Å². The standard InChI is InChI=1S/C19H26N2O2S/c1-13-10-18(14(2)21(13)12-17-7-5-9-24-17)19(23)20-8-4-6-16(11-20)15(3)22/h5,7,9-10,15-16,22H,4,6,8,11-12H2,1-3H3. The monoisotopic (exact) mass is 346 g/mol. The lowest BCUT2D eigenvalue weighted by Gasteiger charge is -2.34. The van der Waals surface area contributed by atoms with Crippen molar-refractivity contribution in [3.05, 3.63) is 45.4 Å². The van der Waals surface area contributed by atoms with Gasteiger partial charge in [0, 0.05) is 35.3 Å². The molecular weight excluding hydrogens is 320 g/mol. The van der Waals surface area contributed by atoms with E-state index < -0.39 is 0 Å². The average Bonchev–Trinajstić information content (AvgIpc) is 3.18. The first-order valence-electron chi connectivity index (χ1n) is 8.64. The van der Waals surface area contributed by atoms with E-state index in [9.17, 15) is 9.90 Å². The van der Waals surface area contributed by atoms with Crippen LogP contribution in [0.3, 0.4) is 0 Å². The van der Waals surface area contributed by atoms with E-state index in [-0.39, 0.29) is 17.9 Å². The third-order valence-electron chi connectivity index (χ3n) is 5.13. The predicted molar refractivity (Wildman–Crippen MR) is 97.6 cm³/mol. The smallest absolute Gasteiger partial charge is 0.255 e. The third-order valence-corrected chi connectivity index (χ3v) is 5.99. The van der Waals surface area contributed by atoms with Crippen LogP contribution in [0, 0.1) is 19.8 Å². The number of aromatic nitrogens is 1. The Balaban J connectivity index is 1.80. The normalized spacial score (nSPS) is 19.5. The van der Waals surface area contributed by atoms with E-state index in [1.54, 1.807) is 11.3 Å². The van der Waals surface area contributed by atoms with Gasteiger partial charge in [-0.2, -0.15) is 0 Å². The SMILES string of the molecule is Cc1cc(C(=O)N2CCCC(C(C)O)C2)c(C)n1Cc1cccs1. The van der Waals surface area contributed by atoms with E-state index in [1.165, 1.54) is 4.88 Å². The molecule has 5 heteroatoms. The molecule has 24 heavy (non-hydrogen) atoms. The summed E-state index contributed by atoms with van der Waals surface area (Å²) in [5.74, 6) is 0.295. The van der Waals surface area contributed by atoms with Crippen molar-refractivity contribution in [2.75, 3.05) is 13.1 Å². The fourth-order valence-electron chi connectivity index (χ4n) is 3.58. The number of aliphatic hydroxyl groups excluding tert-OH is 1. The highest BCUT2D eigenvalue weighted by Crippen LogP contribution is 2.24. The van der Waals surface area contributed by atoms with Gasteiger partial charge in [-0.3, -0.25) is 4.79 Å². The number of hydrogen-bond donors (Lipinski definition) is 1.